The second-order valence-corrected chi connectivity index (χ2v) is 6.78. The van der Waals surface area contributed by atoms with Crippen molar-refractivity contribution in [3.63, 3.8) is 0 Å². The lowest BCUT2D eigenvalue weighted by molar-refractivity contribution is 0.0649. The fourth-order valence-electron chi connectivity index (χ4n) is 3.32. The summed E-state index contributed by atoms with van der Waals surface area (Å²) in [5, 5.41) is 0. The maximum absolute atomic E-state index is 12.6. The number of imide groups is 1. The first-order valence-electron chi connectivity index (χ1n) is 9.39. The first-order valence-corrected chi connectivity index (χ1v) is 9.39. The predicted molar refractivity (Wildman–Crippen MR) is 108 cm³/mol. The number of carbonyl (C=O) groups is 3. The minimum atomic E-state index is -0.344. The molecular formula is C24H19NO4. The molecule has 3 aromatic carbocycles. The summed E-state index contributed by atoms with van der Waals surface area (Å²) in [7, 11) is 0. The van der Waals surface area contributed by atoms with E-state index in [1.165, 1.54) is 0 Å². The molecule has 0 atom stereocenters. The van der Waals surface area contributed by atoms with E-state index in [2.05, 4.69) is 0 Å². The van der Waals surface area contributed by atoms with Gasteiger partial charge in [0.25, 0.3) is 11.8 Å². The van der Waals surface area contributed by atoms with Crippen LogP contribution in [0.4, 0.5) is 0 Å². The summed E-state index contributed by atoms with van der Waals surface area (Å²) in [6, 6.07) is 23.4. The molecule has 0 saturated heterocycles. The Morgan fingerprint density at radius 1 is 0.793 bits per heavy atom. The number of para-hydroxylation sites is 1. The van der Waals surface area contributed by atoms with Gasteiger partial charge in [-0.25, -0.2) is 0 Å². The van der Waals surface area contributed by atoms with Crippen molar-refractivity contribution < 1.29 is 19.1 Å². The Balaban J connectivity index is 1.38. The fourth-order valence-corrected chi connectivity index (χ4v) is 3.32. The predicted octanol–water partition coefficient (Wildman–Crippen LogP) is 4.13. The van der Waals surface area contributed by atoms with Gasteiger partial charge >= 0.3 is 0 Å². The number of Topliss-reactive ketones (excluding diaryl/α,β-unsaturated/α-hetero) is 1. The molecule has 5 heteroatoms. The number of rotatable bonds is 7. The van der Waals surface area contributed by atoms with Gasteiger partial charge in [-0.05, 0) is 35.9 Å². The van der Waals surface area contributed by atoms with Gasteiger partial charge in [0.05, 0.1) is 11.1 Å². The van der Waals surface area contributed by atoms with Crippen LogP contribution in [-0.4, -0.2) is 29.0 Å². The molecule has 0 fully saturated rings. The van der Waals surface area contributed by atoms with Crippen LogP contribution in [0.2, 0.25) is 0 Å². The maximum Gasteiger partial charge on any atom is 0.261 e. The molecule has 0 aromatic heterocycles. The first kappa shape index (κ1) is 18.6. The number of amides is 2. The van der Waals surface area contributed by atoms with E-state index in [9.17, 15) is 14.4 Å². The van der Waals surface area contributed by atoms with Crippen LogP contribution >= 0.6 is 0 Å². The molecule has 0 unspecified atom stereocenters. The molecule has 29 heavy (non-hydrogen) atoms. The molecule has 0 saturated carbocycles. The minimum absolute atomic E-state index is 0.0654. The molecular weight excluding hydrogens is 366 g/mol. The van der Waals surface area contributed by atoms with Gasteiger partial charge in [-0.15, -0.1) is 0 Å². The highest BCUT2D eigenvalue weighted by Crippen LogP contribution is 2.23. The normalized spacial score (nSPS) is 12.8. The molecule has 2 amide bonds. The van der Waals surface area contributed by atoms with Crippen molar-refractivity contribution in [1.29, 1.82) is 0 Å². The molecule has 5 nitrogen and oxygen atoms in total. The fraction of sp³-hybridized carbons (Fsp3) is 0.125. The monoisotopic (exact) mass is 385 g/mol. The zero-order valence-corrected chi connectivity index (χ0v) is 15.7. The van der Waals surface area contributed by atoms with E-state index in [1.807, 2.05) is 36.4 Å². The molecule has 4 rings (SSSR count). The van der Waals surface area contributed by atoms with Crippen LogP contribution < -0.4 is 4.74 Å². The first-order chi connectivity index (χ1) is 14.1. The van der Waals surface area contributed by atoms with Crippen molar-refractivity contribution >= 4 is 17.6 Å². The molecule has 0 radical (unpaired) electrons. The average molecular weight is 385 g/mol. The summed E-state index contributed by atoms with van der Waals surface area (Å²) in [4.78, 5) is 38.6. The second-order valence-electron chi connectivity index (χ2n) is 6.78. The van der Waals surface area contributed by atoms with E-state index < -0.39 is 0 Å². The van der Waals surface area contributed by atoms with Gasteiger partial charge in [0, 0.05) is 18.5 Å². The minimum Gasteiger partial charge on any atom is -0.489 e. The number of hydrogen-bond acceptors (Lipinski definition) is 4. The van der Waals surface area contributed by atoms with Gasteiger partial charge in [-0.1, -0.05) is 48.5 Å². The van der Waals surface area contributed by atoms with Gasteiger partial charge < -0.3 is 4.74 Å². The van der Waals surface area contributed by atoms with Gasteiger partial charge in [0.2, 0.25) is 0 Å². The molecule has 0 spiro atoms. The maximum atomic E-state index is 12.6. The molecule has 1 aliphatic rings. The lowest BCUT2D eigenvalue weighted by atomic mass is 10.1. The van der Waals surface area contributed by atoms with E-state index >= 15 is 0 Å². The van der Waals surface area contributed by atoms with E-state index in [0.717, 1.165) is 16.2 Å². The molecule has 1 aliphatic heterocycles. The number of ketones is 1. The summed E-state index contributed by atoms with van der Waals surface area (Å²) in [6.45, 7) is 0.416. The average Bonchev–Trinajstić information content (AvgIpc) is 3.01. The lowest BCUT2D eigenvalue weighted by Gasteiger charge is -2.13. The Morgan fingerprint density at radius 2 is 1.45 bits per heavy atom. The van der Waals surface area contributed by atoms with Crippen LogP contribution in [0.1, 0.15) is 43.1 Å². The van der Waals surface area contributed by atoms with Crippen LogP contribution in [0.25, 0.3) is 0 Å². The third kappa shape index (κ3) is 3.94. The van der Waals surface area contributed by atoms with Gasteiger partial charge in [-0.2, -0.15) is 0 Å². The van der Waals surface area contributed by atoms with Crippen LogP contribution in [0.3, 0.4) is 0 Å². The molecule has 144 valence electrons. The van der Waals surface area contributed by atoms with Gasteiger partial charge in [0.1, 0.15) is 12.4 Å². The smallest absolute Gasteiger partial charge is 0.261 e. The highest BCUT2D eigenvalue weighted by atomic mass is 16.5. The Bertz CT molecular complexity index is 1040. The number of benzene rings is 3. The number of carbonyl (C=O) groups excluding carboxylic acids is 3. The highest BCUT2D eigenvalue weighted by Gasteiger charge is 2.34. The quantitative estimate of drug-likeness (QED) is 0.453. The second kappa shape index (κ2) is 8.10. The van der Waals surface area contributed by atoms with E-state index in [1.54, 1.807) is 42.5 Å². The number of nitrogens with zero attached hydrogens (tertiary/aromatic N) is 1. The zero-order valence-electron chi connectivity index (χ0n) is 15.7. The Morgan fingerprint density at radius 3 is 2.14 bits per heavy atom. The topological polar surface area (TPSA) is 63.7 Å². The Labute approximate surface area is 168 Å². The van der Waals surface area contributed by atoms with E-state index in [-0.39, 0.29) is 30.6 Å². The summed E-state index contributed by atoms with van der Waals surface area (Å²) < 4.78 is 5.72. The summed E-state index contributed by atoms with van der Waals surface area (Å²) in [5.41, 5.74) is 2.20. The number of hydrogen-bond donors (Lipinski definition) is 0. The van der Waals surface area contributed by atoms with Crippen molar-refractivity contribution in [2.24, 2.45) is 0 Å². The summed E-state index contributed by atoms with van der Waals surface area (Å²) in [6.07, 6.45) is 0.0778. The third-order valence-corrected chi connectivity index (χ3v) is 4.84. The highest BCUT2D eigenvalue weighted by molar-refractivity contribution is 6.21. The summed E-state index contributed by atoms with van der Waals surface area (Å²) in [5.74, 6) is -0.0511. The number of ether oxygens (including phenoxy) is 1. The van der Waals surface area contributed by atoms with Crippen molar-refractivity contribution in [3.8, 4) is 5.75 Å². The van der Waals surface area contributed by atoms with Crippen molar-refractivity contribution in [2.45, 2.75) is 13.0 Å². The SMILES string of the molecule is O=C(CCN1C(=O)c2ccccc2C1=O)c1cccc(COc2ccccc2)c1. The molecule has 0 N–H and O–H groups in total. The van der Waals surface area contributed by atoms with Crippen molar-refractivity contribution in [2.75, 3.05) is 6.54 Å². The molecule has 0 bridgehead atoms. The largest absolute Gasteiger partial charge is 0.489 e. The standard InChI is InChI=1S/C24H19NO4/c26-22(13-14-25-23(27)20-11-4-5-12-21(20)24(25)28)18-8-6-7-17(15-18)16-29-19-9-2-1-3-10-19/h1-12,15H,13-14,16H2. The Hall–Kier alpha value is -3.73. The Kier molecular flexibility index (Phi) is 5.20. The van der Waals surface area contributed by atoms with E-state index in [4.69, 9.17) is 4.74 Å². The molecule has 3 aromatic rings. The van der Waals surface area contributed by atoms with Crippen LogP contribution in [-0.2, 0) is 6.61 Å². The third-order valence-electron chi connectivity index (χ3n) is 4.84. The number of fused-ring (bicyclic) bond motifs is 1. The van der Waals surface area contributed by atoms with Crippen LogP contribution in [0.15, 0.2) is 78.9 Å². The van der Waals surface area contributed by atoms with E-state index in [0.29, 0.717) is 23.3 Å². The van der Waals surface area contributed by atoms with Gasteiger partial charge in [0.15, 0.2) is 5.78 Å². The lowest BCUT2D eigenvalue weighted by Crippen LogP contribution is -2.31. The van der Waals surface area contributed by atoms with Crippen LogP contribution in [0.5, 0.6) is 5.75 Å². The summed E-state index contributed by atoms with van der Waals surface area (Å²) >= 11 is 0. The zero-order chi connectivity index (χ0) is 20.2. The van der Waals surface area contributed by atoms with Gasteiger partial charge in [-0.3, -0.25) is 19.3 Å². The molecule has 0 aliphatic carbocycles. The van der Waals surface area contributed by atoms with Crippen LogP contribution in [0, 0.1) is 0 Å². The molecule has 1 heterocycles. The van der Waals surface area contributed by atoms with Crippen molar-refractivity contribution in [1.82, 2.24) is 4.90 Å². The van der Waals surface area contributed by atoms with Crippen molar-refractivity contribution in [3.05, 3.63) is 101 Å².